The lowest BCUT2D eigenvalue weighted by atomic mass is 9.97. The minimum absolute atomic E-state index is 0.0398. The quantitative estimate of drug-likeness (QED) is 0.930. The van der Waals surface area contributed by atoms with Gasteiger partial charge in [-0.3, -0.25) is 4.79 Å². The smallest absolute Gasteiger partial charge is 0.225 e. The number of nitrogens with zero attached hydrogens (tertiary/aromatic N) is 4. The molecule has 0 bridgehead atoms. The number of piperidine rings is 1. The summed E-state index contributed by atoms with van der Waals surface area (Å²) in [4.78, 5) is 23.0. The Morgan fingerprint density at radius 2 is 2.17 bits per heavy atom. The summed E-state index contributed by atoms with van der Waals surface area (Å²) in [5, 5.41) is 11.9. The summed E-state index contributed by atoms with van der Waals surface area (Å²) in [6.07, 6.45) is 5.25. The van der Waals surface area contributed by atoms with Gasteiger partial charge >= 0.3 is 0 Å². The van der Waals surface area contributed by atoms with E-state index in [0.717, 1.165) is 24.9 Å². The van der Waals surface area contributed by atoms with Crippen molar-refractivity contribution in [1.82, 2.24) is 15.3 Å². The molecule has 1 aromatic carbocycles. The van der Waals surface area contributed by atoms with Gasteiger partial charge in [-0.2, -0.15) is 5.26 Å². The third kappa shape index (κ3) is 3.87. The van der Waals surface area contributed by atoms with Gasteiger partial charge in [0.2, 0.25) is 11.9 Å². The molecule has 1 atom stereocenters. The second kappa shape index (κ2) is 7.55. The summed E-state index contributed by atoms with van der Waals surface area (Å²) in [7, 11) is 0. The van der Waals surface area contributed by atoms with Crippen LogP contribution in [0.2, 0.25) is 0 Å². The highest BCUT2D eigenvalue weighted by atomic mass is 16.1. The van der Waals surface area contributed by atoms with Crippen molar-refractivity contribution in [3.8, 4) is 6.07 Å². The molecule has 2 aromatic rings. The minimum Gasteiger partial charge on any atom is -0.352 e. The molecule has 6 heteroatoms. The van der Waals surface area contributed by atoms with Crippen LogP contribution in [-0.2, 0) is 11.3 Å². The standard InChI is InChI=1S/C18H19N5O/c19-11-14-4-1-5-15(10-14)12-22-17(24)16-6-2-9-23(13-16)18-20-7-3-8-21-18/h1,3-5,7-8,10,16H,2,6,9,12-13H2,(H,22,24). The van der Waals surface area contributed by atoms with Crippen LogP contribution in [-0.4, -0.2) is 29.0 Å². The highest BCUT2D eigenvalue weighted by Crippen LogP contribution is 2.20. The van der Waals surface area contributed by atoms with E-state index in [0.29, 0.717) is 24.6 Å². The molecule has 1 unspecified atom stereocenters. The lowest BCUT2D eigenvalue weighted by Gasteiger charge is -2.31. The Balaban J connectivity index is 1.57. The molecule has 122 valence electrons. The molecule has 24 heavy (non-hydrogen) atoms. The fourth-order valence-corrected chi connectivity index (χ4v) is 2.91. The first kappa shape index (κ1) is 15.9. The number of nitriles is 1. The molecule has 1 aromatic heterocycles. The SMILES string of the molecule is N#Cc1cccc(CNC(=O)C2CCCN(c3ncccn3)C2)c1. The van der Waals surface area contributed by atoms with Crippen LogP contribution in [0.4, 0.5) is 5.95 Å². The Morgan fingerprint density at radius 3 is 2.96 bits per heavy atom. The van der Waals surface area contributed by atoms with Crippen molar-refractivity contribution in [2.45, 2.75) is 19.4 Å². The fourth-order valence-electron chi connectivity index (χ4n) is 2.91. The van der Waals surface area contributed by atoms with Crippen molar-refractivity contribution in [3.63, 3.8) is 0 Å². The average molecular weight is 321 g/mol. The van der Waals surface area contributed by atoms with Gasteiger partial charge in [0.15, 0.2) is 0 Å². The summed E-state index contributed by atoms with van der Waals surface area (Å²) in [6, 6.07) is 11.2. The number of rotatable bonds is 4. The molecule has 2 heterocycles. The second-order valence-corrected chi connectivity index (χ2v) is 5.86. The Hall–Kier alpha value is -2.94. The Labute approximate surface area is 141 Å². The van der Waals surface area contributed by atoms with E-state index in [2.05, 4.69) is 26.3 Å². The largest absolute Gasteiger partial charge is 0.352 e. The predicted molar refractivity (Wildman–Crippen MR) is 90.0 cm³/mol. The van der Waals surface area contributed by atoms with E-state index >= 15 is 0 Å². The number of aromatic nitrogens is 2. The zero-order chi connectivity index (χ0) is 16.8. The number of hydrogen-bond donors (Lipinski definition) is 1. The molecule has 6 nitrogen and oxygen atoms in total. The van der Waals surface area contributed by atoms with Crippen LogP contribution in [0.5, 0.6) is 0 Å². The van der Waals surface area contributed by atoms with Crippen LogP contribution < -0.4 is 10.2 Å². The van der Waals surface area contributed by atoms with Gasteiger partial charge in [-0.1, -0.05) is 12.1 Å². The van der Waals surface area contributed by atoms with Gasteiger partial charge in [-0.05, 0) is 36.6 Å². The molecule has 1 N–H and O–H groups in total. The topological polar surface area (TPSA) is 81.9 Å². The number of hydrogen-bond acceptors (Lipinski definition) is 5. The fraction of sp³-hybridized carbons (Fsp3) is 0.333. The molecular weight excluding hydrogens is 302 g/mol. The van der Waals surface area contributed by atoms with Crippen LogP contribution in [0, 0.1) is 17.2 Å². The molecule has 0 aliphatic carbocycles. The first-order valence-electron chi connectivity index (χ1n) is 8.05. The van der Waals surface area contributed by atoms with Gasteiger partial charge < -0.3 is 10.2 Å². The first-order chi connectivity index (χ1) is 11.8. The molecular formula is C18H19N5O. The summed E-state index contributed by atoms with van der Waals surface area (Å²) in [5.74, 6) is 0.649. The molecule has 1 aliphatic heterocycles. The highest BCUT2D eigenvalue weighted by Gasteiger charge is 2.26. The van der Waals surface area contributed by atoms with Crippen molar-refractivity contribution < 1.29 is 4.79 Å². The molecule has 1 amide bonds. The maximum Gasteiger partial charge on any atom is 0.225 e. The monoisotopic (exact) mass is 321 g/mol. The van der Waals surface area contributed by atoms with Crippen LogP contribution >= 0.6 is 0 Å². The number of carbonyl (C=O) groups excluding carboxylic acids is 1. The van der Waals surface area contributed by atoms with Crippen molar-refractivity contribution in [2.75, 3.05) is 18.0 Å². The summed E-state index contributed by atoms with van der Waals surface area (Å²) in [5.41, 5.74) is 1.54. The van der Waals surface area contributed by atoms with Gasteiger partial charge in [0.25, 0.3) is 0 Å². The van der Waals surface area contributed by atoms with E-state index in [4.69, 9.17) is 5.26 Å². The first-order valence-corrected chi connectivity index (χ1v) is 8.05. The molecule has 0 spiro atoms. The van der Waals surface area contributed by atoms with E-state index in [1.54, 1.807) is 30.6 Å². The van der Waals surface area contributed by atoms with Crippen LogP contribution in [0.15, 0.2) is 42.7 Å². The number of anilines is 1. The summed E-state index contributed by atoms with van der Waals surface area (Å²) < 4.78 is 0. The van der Waals surface area contributed by atoms with Crippen molar-refractivity contribution in [3.05, 3.63) is 53.9 Å². The van der Waals surface area contributed by atoms with Gasteiger partial charge in [0.1, 0.15) is 0 Å². The van der Waals surface area contributed by atoms with E-state index in [1.807, 2.05) is 12.1 Å². The zero-order valence-electron chi connectivity index (χ0n) is 13.4. The van der Waals surface area contributed by atoms with Crippen LogP contribution in [0.1, 0.15) is 24.0 Å². The minimum atomic E-state index is -0.0679. The van der Waals surface area contributed by atoms with E-state index in [9.17, 15) is 4.79 Å². The molecule has 1 fully saturated rings. The Morgan fingerprint density at radius 1 is 1.33 bits per heavy atom. The van der Waals surface area contributed by atoms with E-state index in [1.165, 1.54) is 0 Å². The van der Waals surface area contributed by atoms with Gasteiger partial charge in [-0.15, -0.1) is 0 Å². The highest BCUT2D eigenvalue weighted by molar-refractivity contribution is 5.79. The van der Waals surface area contributed by atoms with Gasteiger partial charge in [0.05, 0.1) is 17.6 Å². The third-order valence-electron chi connectivity index (χ3n) is 4.15. The average Bonchev–Trinajstić information content (AvgIpc) is 2.67. The third-order valence-corrected chi connectivity index (χ3v) is 4.15. The van der Waals surface area contributed by atoms with Gasteiger partial charge in [-0.25, -0.2) is 9.97 Å². The molecule has 3 rings (SSSR count). The maximum absolute atomic E-state index is 12.5. The van der Waals surface area contributed by atoms with Crippen LogP contribution in [0.3, 0.4) is 0 Å². The van der Waals surface area contributed by atoms with Crippen LogP contribution in [0.25, 0.3) is 0 Å². The Kier molecular flexibility index (Phi) is 5.02. The Bertz CT molecular complexity index is 741. The normalized spacial score (nSPS) is 17.1. The number of benzene rings is 1. The van der Waals surface area contributed by atoms with Crippen molar-refractivity contribution in [1.29, 1.82) is 5.26 Å². The zero-order valence-corrected chi connectivity index (χ0v) is 13.4. The lowest BCUT2D eigenvalue weighted by molar-refractivity contribution is -0.125. The molecule has 0 saturated carbocycles. The van der Waals surface area contributed by atoms with E-state index < -0.39 is 0 Å². The van der Waals surface area contributed by atoms with E-state index in [-0.39, 0.29) is 11.8 Å². The summed E-state index contributed by atoms with van der Waals surface area (Å²) >= 11 is 0. The maximum atomic E-state index is 12.5. The number of amides is 1. The molecule has 0 radical (unpaired) electrons. The van der Waals surface area contributed by atoms with Gasteiger partial charge in [0, 0.05) is 32.0 Å². The van der Waals surface area contributed by atoms with Crippen molar-refractivity contribution in [2.24, 2.45) is 5.92 Å². The number of nitrogens with one attached hydrogen (secondary N) is 1. The lowest BCUT2D eigenvalue weighted by Crippen LogP contribution is -2.43. The summed E-state index contributed by atoms with van der Waals surface area (Å²) in [6.45, 7) is 1.94. The second-order valence-electron chi connectivity index (χ2n) is 5.86. The number of carbonyl (C=O) groups is 1. The van der Waals surface area contributed by atoms with Crippen molar-refractivity contribution >= 4 is 11.9 Å². The predicted octanol–water partition coefficient (Wildman–Crippen LogP) is 1.88. The molecule has 1 aliphatic rings. The molecule has 1 saturated heterocycles.